The van der Waals surface area contributed by atoms with Gasteiger partial charge in [-0.25, -0.2) is 0 Å². The summed E-state index contributed by atoms with van der Waals surface area (Å²) in [5.74, 6) is 1.05. The maximum atomic E-state index is 10.1. The Balaban J connectivity index is 1.32. The molecular weight excluding hydrogens is 504 g/mol. The Kier molecular flexibility index (Phi) is 7.37. The van der Waals surface area contributed by atoms with Crippen LogP contribution < -0.4 is 14.5 Å². The van der Waals surface area contributed by atoms with Gasteiger partial charge in [0.05, 0.1) is 7.11 Å². The topological polar surface area (TPSA) is 35.9 Å². The zero-order valence-electron chi connectivity index (χ0n) is 22.8. The number of hydrogen-bond acceptors (Lipinski definition) is 4. The molecule has 0 aliphatic carbocycles. The Morgan fingerprint density at radius 2 is 0.829 bits per heavy atom. The summed E-state index contributed by atoms with van der Waals surface area (Å²) in [5.41, 5.74) is 8.34. The van der Waals surface area contributed by atoms with Crippen molar-refractivity contribution in [3.63, 3.8) is 0 Å². The normalized spacial score (nSPS) is 10.7. The monoisotopic (exact) mass is 534 g/mol. The first-order valence-electron chi connectivity index (χ1n) is 13.5. The summed E-state index contributed by atoms with van der Waals surface area (Å²) in [6.45, 7) is 0. The van der Waals surface area contributed by atoms with Crippen LogP contribution in [0.5, 0.6) is 11.5 Å². The van der Waals surface area contributed by atoms with Crippen molar-refractivity contribution in [1.29, 1.82) is 0 Å². The summed E-state index contributed by atoms with van der Waals surface area (Å²) in [6, 6.07) is 53.1. The Hall–Kier alpha value is -5.48. The van der Waals surface area contributed by atoms with Gasteiger partial charge in [-0.15, -0.1) is 0 Å². The molecule has 0 aliphatic heterocycles. The smallest absolute Gasteiger partial charge is 0.120 e. The van der Waals surface area contributed by atoms with E-state index in [0.29, 0.717) is 0 Å². The number of anilines is 6. The van der Waals surface area contributed by atoms with E-state index >= 15 is 0 Å². The van der Waals surface area contributed by atoms with Crippen LogP contribution in [0.3, 0.4) is 0 Å². The average molecular weight is 535 g/mol. The minimum absolute atomic E-state index is 0.235. The average Bonchev–Trinajstić information content (AvgIpc) is 3.03. The molecule has 0 amide bonds. The van der Waals surface area contributed by atoms with Crippen molar-refractivity contribution in [3.8, 4) is 22.6 Å². The van der Waals surface area contributed by atoms with E-state index in [1.807, 2.05) is 66.7 Å². The van der Waals surface area contributed by atoms with Crippen molar-refractivity contribution < 1.29 is 9.84 Å². The fourth-order valence-electron chi connectivity index (χ4n) is 5.04. The first-order chi connectivity index (χ1) is 20.2. The number of methoxy groups -OCH3 is 1. The van der Waals surface area contributed by atoms with Crippen molar-refractivity contribution >= 4 is 34.1 Å². The molecule has 6 rings (SSSR count). The van der Waals surface area contributed by atoms with Crippen LogP contribution in [-0.2, 0) is 0 Å². The number of hydrogen-bond donors (Lipinski definition) is 1. The molecule has 0 aromatic heterocycles. The zero-order chi connectivity index (χ0) is 28.0. The number of phenols is 1. The van der Waals surface area contributed by atoms with Gasteiger partial charge in [-0.1, -0.05) is 72.8 Å². The number of ether oxygens (including phenoxy) is 1. The third-order valence-electron chi connectivity index (χ3n) is 7.01. The molecule has 0 unspecified atom stereocenters. The van der Waals surface area contributed by atoms with Crippen LogP contribution in [0.15, 0.2) is 158 Å². The summed E-state index contributed by atoms with van der Waals surface area (Å²) < 4.78 is 5.50. The van der Waals surface area contributed by atoms with Gasteiger partial charge >= 0.3 is 0 Å². The van der Waals surface area contributed by atoms with E-state index < -0.39 is 0 Å². The second kappa shape index (κ2) is 11.7. The first-order valence-corrected chi connectivity index (χ1v) is 13.5. The number of benzene rings is 6. The van der Waals surface area contributed by atoms with E-state index in [2.05, 4.69) is 88.7 Å². The van der Waals surface area contributed by atoms with Crippen LogP contribution in [0.4, 0.5) is 34.1 Å². The van der Waals surface area contributed by atoms with E-state index in [1.165, 1.54) is 0 Å². The fourth-order valence-corrected chi connectivity index (χ4v) is 5.04. The second-order valence-corrected chi connectivity index (χ2v) is 9.66. The minimum Gasteiger partial charge on any atom is -0.508 e. The SMILES string of the molecule is COc1cccc(N(c2ccccc2)c2ccc(-c3ccc(N(c4ccccc4)c4cccc(O)c4)cc3)cc2)c1. The van der Waals surface area contributed by atoms with Gasteiger partial charge in [0.25, 0.3) is 0 Å². The van der Waals surface area contributed by atoms with Gasteiger partial charge in [0.1, 0.15) is 11.5 Å². The highest BCUT2D eigenvalue weighted by Crippen LogP contribution is 2.39. The summed E-state index contributed by atoms with van der Waals surface area (Å²) in [4.78, 5) is 4.36. The Labute approximate surface area is 241 Å². The zero-order valence-corrected chi connectivity index (χ0v) is 22.8. The summed E-state index contributed by atoms with van der Waals surface area (Å²) >= 11 is 0. The van der Waals surface area contributed by atoms with Gasteiger partial charge in [-0.2, -0.15) is 0 Å². The maximum absolute atomic E-state index is 10.1. The molecule has 0 radical (unpaired) electrons. The third kappa shape index (κ3) is 5.63. The van der Waals surface area contributed by atoms with E-state index in [9.17, 15) is 5.11 Å². The molecule has 0 fully saturated rings. The van der Waals surface area contributed by atoms with Crippen molar-refractivity contribution in [2.45, 2.75) is 0 Å². The minimum atomic E-state index is 0.235. The maximum Gasteiger partial charge on any atom is 0.120 e. The number of phenolic OH excluding ortho intramolecular Hbond substituents is 1. The highest BCUT2D eigenvalue weighted by molar-refractivity contribution is 5.81. The van der Waals surface area contributed by atoms with Gasteiger partial charge in [-0.05, 0) is 83.9 Å². The van der Waals surface area contributed by atoms with Crippen LogP contribution >= 0.6 is 0 Å². The fraction of sp³-hybridized carbons (Fsp3) is 0.0270. The number of aromatic hydroxyl groups is 1. The van der Waals surface area contributed by atoms with E-state index in [4.69, 9.17) is 4.74 Å². The molecule has 0 heterocycles. The van der Waals surface area contributed by atoms with Gasteiger partial charge in [0, 0.05) is 46.3 Å². The molecule has 4 heteroatoms. The quantitative estimate of drug-likeness (QED) is 0.211. The van der Waals surface area contributed by atoms with Crippen molar-refractivity contribution in [3.05, 3.63) is 158 Å². The lowest BCUT2D eigenvalue weighted by Crippen LogP contribution is -2.10. The van der Waals surface area contributed by atoms with Crippen LogP contribution in [-0.4, -0.2) is 12.2 Å². The Morgan fingerprint density at radius 1 is 0.415 bits per heavy atom. The Bertz CT molecular complexity index is 1720. The standard InChI is InChI=1S/C37H30N2O2/c1-41-37-17-9-15-35(27-37)39(31-12-6-3-7-13-31)33-24-20-29(21-25-33)28-18-22-32(23-19-28)38(30-10-4-2-5-11-30)34-14-8-16-36(40)26-34/h2-27,40H,1H3. The third-order valence-corrected chi connectivity index (χ3v) is 7.01. The lowest BCUT2D eigenvalue weighted by atomic mass is 10.0. The Morgan fingerprint density at radius 3 is 1.29 bits per heavy atom. The molecule has 41 heavy (non-hydrogen) atoms. The predicted octanol–water partition coefficient (Wildman–Crippen LogP) is 10.0. The highest BCUT2D eigenvalue weighted by Gasteiger charge is 2.15. The molecule has 6 aromatic carbocycles. The molecule has 1 N–H and O–H groups in total. The number of nitrogens with zero attached hydrogens (tertiary/aromatic N) is 2. The van der Waals surface area contributed by atoms with Crippen molar-refractivity contribution in [1.82, 2.24) is 0 Å². The van der Waals surface area contributed by atoms with Crippen molar-refractivity contribution in [2.24, 2.45) is 0 Å². The molecule has 0 spiro atoms. The van der Waals surface area contributed by atoms with Gasteiger partial charge in [-0.3, -0.25) is 0 Å². The molecule has 0 bridgehead atoms. The molecule has 4 nitrogen and oxygen atoms in total. The van der Waals surface area contributed by atoms with E-state index in [0.717, 1.165) is 51.0 Å². The van der Waals surface area contributed by atoms with Crippen LogP contribution in [0, 0.1) is 0 Å². The molecule has 6 aromatic rings. The van der Waals surface area contributed by atoms with Crippen LogP contribution in [0.25, 0.3) is 11.1 Å². The van der Waals surface area contributed by atoms with E-state index in [1.54, 1.807) is 19.2 Å². The molecule has 0 saturated heterocycles. The van der Waals surface area contributed by atoms with Gasteiger partial charge in [0.15, 0.2) is 0 Å². The molecule has 200 valence electrons. The second-order valence-electron chi connectivity index (χ2n) is 9.66. The molecular formula is C37H30N2O2. The first kappa shape index (κ1) is 25.8. The lowest BCUT2D eigenvalue weighted by Gasteiger charge is -2.26. The molecule has 0 aliphatic rings. The lowest BCUT2D eigenvalue weighted by molar-refractivity contribution is 0.415. The van der Waals surface area contributed by atoms with Crippen molar-refractivity contribution in [2.75, 3.05) is 16.9 Å². The largest absolute Gasteiger partial charge is 0.508 e. The molecule has 0 atom stereocenters. The number of para-hydroxylation sites is 2. The molecule has 0 saturated carbocycles. The van der Waals surface area contributed by atoms with Crippen LogP contribution in [0.2, 0.25) is 0 Å². The summed E-state index contributed by atoms with van der Waals surface area (Å²) in [6.07, 6.45) is 0. The summed E-state index contributed by atoms with van der Waals surface area (Å²) in [5, 5.41) is 10.1. The van der Waals surface area contributed by atoms with Crippen LogP contribution in [0.1, 0.15) is 0 Å². The van der Waals surface area contributed by atoms with Gasteiger partial charge in [0.2, 0.25) is 0 Å². The van der Waals surface area contributed by atoms with Gasteiger partial charge < -0.3 is 19.6 Å². The summed E-state index contributed by atoms with van der Waals surface area (Å²) in [7, 11) is 1.69. The predicted molar refractivity (Wildman–Crippen MR) is 169 cm³/mol. The highest BCUT2D eigenvalue weighted by atomic mass is 16.5. The van der Waals surface area contributed by atoms with E-state index in [-0.39, 0.29) is 5.75 Å². The number of rotatable bonds is 8.